The Bertz CT molecular complexity index is 458. The summed E-state index contributed by atoms with van der Waals surface area (Å²) in [6, 6.07) is 7.43. The zero-order valence-electron chi connectivity index (χ0n) is 11.8. The van der Waals surface area contributed by atoms with Gasteiger partial charge >= 0.3 is 0 Å². The molecule has 0 spiro atoms. The number of anilines is 1. The lowest BCUT2D eigenvalue weighted by molar-refractivity contribution is 0.175. The van der Waals surface area contributed by atoms with Gasteiger partial charge in [0.15, 0.2) is 0 Å². The molecule has 20 heavy (non-hydrogen) atoms. The first kappa shape index (κ1) is 14.9. The highest BCUT2D eigenvalue weighted by Gasteiger charge is 2.29. The van der Waals surface area contributed by atoms with Crippen molar-refractivity contribution in [3.8, 4) is 0 Å². The Morgan fingerprint density at radius 3 is 2.65 bits per heavy atom. The molecule has 2 aliphatic heterocycles. The van der Waals surface area contributed by atoms with E-state index in [0.29, 0.717) is 0 Å². The number of rotatable bonds is 3. The van der Waals surface area contributed by atoms with Crippen molar-refractivity contribution in [2.75, 3.05) is 31.1 Å². The third kappa shape index (κ3) is 3.23. The largest absolute Gasteiger partial charge is 0.370 e. The second-order valence-electron chi connectivity index (χ2n) is 5.89. The van der Waals surface area contributed by atoms with Gasteiger partial charge < -0.3 is 4.90 Å². The molecule has 0 N–H and O–H groups in total. The molecule has 1 aromatic carbocycles. The molecular formula is C16H22Br2N2. The van der Waals surface area contributed by atoms with Crippen molar-refractivity contribution in [1.29, 1.82) is 0 Å². The maximum atomic E-state index is 3.62. The normalized spacial score (nSPS) is 24.3. The van der Waals surface area contributed by atoms with Crippen molar-refractivity contribution in [1.82, 2.24) is 4.90 Å². The Morgan fingerprint density at radius 2 is 1.90 bits per heavy atom. The summed E-state index contributed by atoms with van der Waals surface area (Å²) in [5.41, 5.74) is 2.79. The van der Waals surface area contributed by atoms with Crippen molar-refractivity contribution < 1.29 is 0 Å². The lowest BCUT2D eigenvalue weighted by Gasteiger charge is -2.32. The highest BCUT2D eigenvalue weighted by Crippen LogP contribution is 2.30. The smallest absolute Gasteiger partial charge is 0.0408 e. The van der Waals surface area contributed by atoms with Crippen LogP contribution in [0.4, 0.5) is 5.69 Å². The monoisotopic (exact) mass is 400 g/mol. The Balaban J connectivity index is 1.70. The SMILES string of the molecule is BrCc1cc(Br)ccc1N1CCC(N2CCCCC2)C1. The third-order valence-electron chi connectivity index (χ3n) is 4.60. The summed E-state index contributed by atoms with van der Waals surface area (Å²) in [6.07, 6.45) is 5.52. The van der Waals surface area contributed by atoms with Gasteiger partial charge in [0, 0.05) is 34.6 Å². The van der Waals surface area contributed by atoms with Gasteiger partial charge in [-0.3, -0.25) is 4.90 Å². The van der Waals surface area contributed by atoms with E-state index in [9.17, 15) is 0 Å². The Morgan fingerprint density at radius 1 is 1.10 bits per heavy atom. The summed E-state index contributed by atoms with van der Waals surface area (Å²) in [5, 5.41) is 0.923. The summed E-state index contributed by atoms with van der Waals surface area (Å²) in [7, 11) is 0. The first-order valence-corrected chi connectivity index (χ1v) is 9.53. The van der Waals surface area contributed by atoms with E-state index in [-0.39, 0.29) is 0 Å². The van der Waals surface area contributed by atoms with Gasteiger partial charge in [0.1, 0.15) is 0 Å². The number of piperidine rings is 1. The van der Waals surface area contributed by atoms with Gasteiger partial charge in [0.25, 0.3) is 0 Å². The minimum absolute atomic E-state index is 0.766. The second-order valence-corrected chi connectivity index (χ2v) is 7.37. The highest BCUT2D eigenvalue weighted by atomic mass is 79.9. The van der Waals surface area contributed by atoms with Crippen molar-refractivity contribution in [2.24, 2.45) is 0 Å². The number of likely N-dealkylation sites (tertiary alicyclic amines) is 1. The molecule has 2 aliphatic rings. The van der Waals surface area contributed by atoms with Gasteiger partial charge in [0.05, 0.1) is 0 Å². The van der Waals surface area contributed by atoms with Crippen molar-refractivity contribution in [3.63, 3.8) is 0 Å². The minimum atomic E-state index is 0.766. The van der Waals surface area contributed by atoms with E-state index in [4.69, 9.17) is 0 Å². The van der Waals surface area contributed by atoms with E-state index in [1.54, 1.807) is 0 Å². The summed E-state index contributed by atoms with van der Waals surface area (Å²) in [4.78, 5) is 5.29. The predicted octanol–water partition coefficient (Wildman–Crippen LogP) is 4.41. The molecule has 0 aliphatic carbocycles. The van der Waals surface area contributed by atoms with Crippen LogP contribution in [-0.2, 0) is 5.33 Å². The van der Waals surface area contributed by atoms with E-state index >= 15 is 0 Å². The number of hydrogen-bond acceptors (Lipinski definition) is 2. The molecule has 0 bridgehead atoms. The number of halogens is 2. The molecular weight excluding hydrogens is 380 g/mol. The number of hydrogen-bond donors (Lipinski definition) is 0. The lowest BCUT2D eigenvalue weighted by Crippen LogP contribution is -2.40. The number of benzene rings is 1. The fraction of sp³-hybridized carbons (Fsp3) is 0.625. The molecule has 0 saturated carbocycles. The van der Waals surface area contributed by atoms with Crippen LogP contribution in [0.1, 0.15) is 31.2 Å². The van der Waals surface area contributed by atoms with E-state index in [1.807, 2.05) is 0 Å². The van der Waals surface area contributed by atoms with Crippen LogP contribution < -0.4 is 4.90 Å². The molecule has 4 heteroatoms. The molecule has 2 fully saturated rings. The van der Waals surface area contributed by atoms with Crippen LogP contribution in [0.2, 0.25) is 0 Å². The molecule has 2 heterocycles. The first-order valence-electron chi connectivity index (χ1n) is 7.61. The van der Waals surface area contributed by atoms with E-state index in [0.717, 1.165) is 11.4 Å². The fourth-order valence-electron chi connectivity index (χ4n) is 3.51. The molecule has 2 nitrogen and oxygen atoms in total. The van der Waals surface area contributed by atoms with Gasteiger partial charge in [-0.2, -0.15) is 0 Å². The summed E-state index contributed by atoms with van der Waals surface area (Å²) in [6.45, 7) is 5.01. The molecule has 0 amide bonds. The average molecular weight is 402 g/mol. The van der Waals surface area contributed by atoms with Crippen molar-refractivity contribution in [3.05, 3.63) is 28.2 Å². The predicted molar refractivity (Wildman–Crippen MR) is 92.8 cm³/mol. The zero-order chi connectivity index (χ0) is 13.9. The van der Waals surface area contributed by atoms with Gasteiger partial charge in [-0.25, -0.2) is 0 Å². The molecule has 0 radical (unpaired) electrons. The van der Waals surface area contributed by atoms with Gasteiger partial charge in [-0.05, 0) is 56.1 Å². The topological polar surface area (TPSA) is 6.48 Å². The number of nitrogens with zero attached hydrogens (tertiary/aromatic N) is 2. The van der Waals surface area contributed by atoms with Gasteiger partial charge in [-0.15, -0.1) is 0 Å². The maximum absolute atomic E-state index is 3.62. The minimum Gasteiger partial charge on any atom is -0.370 e. The average Bonchev–Trinajstić information content (AvgIpc) is 2.97. The summed E-state index contributed by atoms with van der Waals surface area (Å²) < 4.78 is 1.17. The van der Waals surface area contributed by atoms with Crippen molar-refractivity contribution in [2.45, 2.75) is 37.1 Å². The van der Waals surface area contributed by atoms with Crippen LogP contribution in [0.5, 0.6) is 0 Å². The molecule has 3 rings (SSSR count). The van der Waals surface area contributed by atoms with E-state index < -0.39 is 0 Å². The quantitative estimate of drug-likeness (QED) is 0.692. The number of alkyl halides is 1. The van der Waals surface area contributed by atoms with Crippen LogP contribution in [0, 0.1) is 0 Å². The third-order valence-corrected chi connectivity index (χ3v) is 5.69. The fourth-order valence-corrected chi connectivity index (χ4v) is 4.37. The van der Waals surface area contributed by atoms with Crippen LogP contribution >= 0.6 is 31.9 Å². The molecule has 1 atom stereocenters. The summed E-state index contributed by atoms with van der Waals surface area (Å²) >= 11 is 7.20. The van der Waals surface area contributed by atoms with Crippen LogP contribution in [-0.4, -0.2) is 37.1 Å². The molecule has 2 saturated heterocycles. The maximum Gasteiger partial charge on any atom is 0.0408 e. The van der Waals surface area contributed by atoms with Gasteiger partial charge in [0.2, 0.25) is 0 Å². The van der Waals surface area contributed by atoms with E-state index in [1.165, 1.54) is 67.6 Å². The molecule has 110 valence electrons. The molecule has 1 aromatic rings. The first-order chi connectivity index (χ1) is 9.78. The standard InChI is InChI=1S/C16H22Br2N2/c17-11-13-10-14(18)4-5-16(13)20-9-6-15(12-20)19-7-2-1-3-8-19/h4-5,10,15H,1-3,6-9,11-12H2. The van der Waals surface area contributed by atoms with Crippen LogP contribution in [0.25, 0.3) is 0 Å². The Hall–Kier alpha value is -0.0600. The van der Waals surface area contributed by atoms with Crippen LogP contribution in [0.15, 0.2) is 22.7 Å². The highest BCUT2D eigenvalue weighted by molar-refractivity contribution is 9.10. The lowest BCUT2D eigenvalue weighted by atomic mass is 10.1. The molecule has 0 aromatic heterocycles. The Labute approximate surface area is 138 Å². The van der Waals surface area contributed by atoms with Crippen molar-refractivity contribution >= 4 is 37.5 Å². The zero-order valence-corrected chi connectivity index (χ0v) is 15.0. The summed E-state index contributed by atoms with van der Waals surface area (Å²) in [5.74, 6) is 0. The Kier molecular flexibility index (Phi) is 5.05. The van der Waals surface area contributed by atoms with E-state index in [2.05, 4.69) is 59.9 Å². The molecule has 1 unspecified atom stereocenters. The van der Waals surface area contributed by atoms with Gasteiger partial charge in [-0.1, -0.05) is 38.3 Å². The second kappa shape index (κ2) is 6.80. The van der Waals surface area contributed by atoms with Crippen LogP contribution in [0.3, 0.4) is 0 Å².